The Hall–Kier alpha value is -2.95. The van der Waals surface area contributed by atoms with Gasteiger partial charge >= 0.3 is 5.56 Å². The summed E-state index contributed by atoms with van der Waals surface area (Å²) < 4.78 is 8.56. The van der Waals surface area contributed by atoms with E-state index in [4.69, 9.17) is 9.57 Å². The van der Waals surface area contributed by atoms with E-state index in [1.54, 1.807) is 7.11 Å². The van der Waals surface area contributed by atoms with Gasteiger partial charge in [0.1, 0.15) is 18.4 Å². The molecule has 2 aromatic heterocycles. The highest BCUT2D eigenvalue weighted by atomic mass is 16.6. The molecule has 4 aromatic rings. The van der Waals surface area contributed by atoms with Crippen molar-refractivity contribution in [1.29, 1.82) is 0 Å². The molecular weight excluding hydrogens is 292 g/mol. The van der Waals surface area contributed by atoms with Gasteiger partial charge in [-0.3, -0.25) is 4.79 Å². The first-order valence-corrected chi connectivity index (χ1v) is 7.31. The fraction of sp³-hybridized carbons (Fsp3) is 0.167. The van der Waals surface area contributed by atoms with Gasteiger partial charge < -0.3 is 14.1 Å². The molecule has 0 saturated carbocycles. The van der Waals surface area contributed by atoms with E-state index in [0.29, 0.717) is 5.52 Å². The average molecular weight is 308 g/mol. The van der Waals surface area contributed by atoms with Gasteiger partial charge in [0.15, 0.2) is 0 Å². The SMILES string of the molecule is COc1ccc2c3c4ccccc4n(OC)c(=O)c3n(C)c2c1. The van der Waals surface area contributed by atoms with Crippen molar-refractivity contribution in [3.05, 3.63) is 52.8 Å². The molecule has 5 nitrogen and oxygen atoms in total. The van der Waals surface area contributed by atoms with Crippen molar-refractivity contribution < 1.29 is 9.57 Å². The third-order valence-electron chi connectivity index (χ3n) is 4.37. The van der Waals surface area contributed by atoms with E-state index in [9.17, 15) is 4.79 Å². The summed E-state index contributed by atoms with van der Waals surface area (Å²) in [7, 11) is 5.03. The summed E-state index contributed by atoms with van der Waals surface area (Å²) >= 11 is 0. The zero-order chi connectivity index (χ0) is 16.1. The van der Waals surface area contributed by atoms with Crippen molar-refractivity contribution in [3.63, 3.8) is 0 Å². The molecular formula is C18H16N2O3. The van der Waals surface area contributed by atoms with E-state index >= 15 is 0 Å². The van der Waals surface area contributed by atoms with Crippen LogP contribution in [0.4, 0.5) is 0 Å². The Bertz CT molecular complexity index is 1120. The van der Waals surface area contributed by atoms with E-state index < -0.39 is 0 Å². The molecule has 4 rings (SSSR count). The van der Waals surface area contributed by atoms with Crippen LogP contribution >= 0.6 is 0 Å². The van der Waals surface area contributed by atoms with E-state index in [0.717, 1.165) is 32.9 Å². The van der Waals surface area contributed by atoms with Gasteiger partial charge in [-0.1, -0.05) is 18.2 Å². The van der Waals surface area contributed by atoms with Gasteiger partial charge in [0.05, 0.1) is 18.1 Å². The Morgan fingerprint density at radius 3 is 2.43 bits per heavy atom. The molecule has 0 bridgehead atoms. The second-order valence-electron chi connectivity index (χ2n) is 5.46. The normalized spacial score (nSPS) is 11.4. The lowest BCUT2D eigenvalue weighted by molar-refractivity contribution is 0.170. The van der Waals surface area contributed by atoms with Crippen molar-refractivity contribution >= 4 is 32.7 Å². The van der Waals surface area contributed by atoms with Crippen LogP contribution in [0.1, 0.15) is 0 Å². The van der Waals surface area contributed by atoms with Gasteiger partial charge in [-0.25, -0.2) is 0 Å². The summed E-state index contributed by atoms with van der Waals surface area (Å²) in [6.45, 7) is 0. The zero-order valence-electron chi connectivity index (χ0n) is 13.2. The van der Waals surface area contributed by atoms with Crippen molar-refractivity contribution in [1.82, 2.24) is 9.30 Å². The minimum absolute atomic E-state index is 0.168. The van der Waals surface area contributed by atoms with Crippen LogP contribution in [0.2, 0.25) is 0 Å². The van der Waals surface area contributed by atoms with Crippen LogP contribution in [0.5, 0.6) is 5.75 Å². The van der Waals surface area contributed by atoms with Gasteiger partial charge in [0.25, 0.3) is 0 Å². The molecule has 0 radical (unpaired) electrons. The number of rotatable bonds is 2. The lowest BCUT2D eigenvalue weighted by Gasteiger charge is -2.09. The molecule has 2 aromatic carbocycles. The minimum Gasteiger partial charge on any atom is -0.497 e. The number of hydrogen-bond donors (Lipinski definition) is 0. The van der Waals surface area contributed by atoms with Crippen molar-refractivity contribution in [3.8, 4) is 5.75 Å². The molecule has 0 aliphatic rings. The first-order valence-electron chi connectivity index (χ1n) is 7.31. The summed E-state index contributed by atoms with van der Waals surface area (Å²) in [5, 5.41) is 2.96. The number of ether oxygens (including phenoxy) is 1. The molecule has 0 amide bonds. The molecule has 0 saturated heterocycles. The van der Waals surface area contributed by atoms with Gasteiger partial charge in [0, 0.05) is 29.3 Å². The average Bonchev–Trinajstić information content (AvgIpc) is 2.88. The number of aryl methyl sites for hydroxylation is 1. The van der Waals surface area contributed by atoms with Crippen molar-refractivity contribution in [2.45, 2.75) is 0 Å². The maximum Gasteiger partial charge on any atom is 0.308 e. The van der Waals surface area contributed by atoms with Gasteiger partial charge in [-0.05, 0) is 18.2 Å². The smallest absolute Gasteiger partial charge is 0.308 e. The predicted octanol–water partition coefficient (Wildman–Crippen LogP) is 2.71. The Morgan fingerprint density at radius 2 is 1.70 bits per heavy atom. The number of benzene rings is 2. The van der Waals surface area contributed by atoms with Crippen LogP contribution in [0, 0.1) is 0 Å². The number of aromatic nitrogens is 2. The Labute approximate surface area is 132 Å². The third kappa shape index (κ3) is 1.70. The topological polar surface area (TPSA) is 45.4 Å². The second-order valence-corrected chi connectivity index (χ2v) is 5.46. The number of methoxy groups -OCH3 is 1. The molecule has 116 valence electrons. The fourth-order valence-electron chi connectivity index (χ4n) is 3.32. The first kappa shape index (κ1) is 13.7. The molecule has 0 spiro atoms. The van der Waals surface area contributed by atoms with Gasteiger partial charge in [0.2, 0.25) is 0 Å². The van der Waals surface area contributed by atoms with E-state index in [1.165, 1.54) is 11.8 Å². The molecule has 0 N–H and O–H groups in total. The van der Waals surface area contributed by atoms with Gasteiger partial charge in [-0.2, -0.15) is 0 Å². The first-order chi connectivity index (χ1) is 11.2. The van der Waals surface area contributed by atoms with Crippen LogP contribution < -0.4 is 15.1 Å². The molecule has 5 heteroatoms. The van der Waals surface area contributed by atoms with E-state index in [2.05, 4.69) is 0 Å². The number of nitrogens with zero attached hydrogens (tertiary/aromatic N) is 2. The van der Waals surface area contributed by atoms with Crippen molar-refractivity contribution in [2.24, 2.45) is 7.05 Å². The summed E-state index contributed by atoms with van der Waals surface area (Å²) in [6.07, 6.45) is 0. The molecule has 23 heavy (non-hydrogen) atoms. The minimum atomic E-state index is -0.168. The highest BCUT2D eigenvalue weighted by Crippen LogP contribution is 2.33. The molecule has 0 unspecified atom stereocenters. The monoisotopic (exact) mass is 308 g/mol. The van der Waals surface area contributed by atoms with Crippen molar-refractivity contribution in [2.75, 3.05) is 14.2 Å². The summed E-state index contributed by atoms with van der Waals surface area (Å²) in [5.41, 5.74) is 2.17. The quantitative estimate of drug-likeness (QED) is 0.572. The Balaban J connectivity index is 2.36. The van der Waals surface area contributed by atoms with Crippen LogP contribution in [0.3, 0.4) is 0 Å². The number of fused-ring (bicyclic) bond motifs is 5. The molecule has 2 heterocycles. The standard InChI is InChI=1S/C18H16N2O3/c1-19-15-10-11(22-2)8-9-13(15)16-12-6-4-5-7-14(12)20(23-3)18(21)17(16)19/h4-10H,1-3H3. The predicted molar refractivity (Wildman–Crippen MR) is 91.2 cm³/mol. The third-order valence-corrected chi connectivity index (χ3v) is 4.37. The lowest BCUT2D eigenvalue weighted by atomic mass is 10.1. The van der Waals surface area contributed by atoms with E-state index in [-0.39, 0.29) is 5.56 Å². The summed E-state index contributed by atoms with van der Waals surface area (Å²) in [5.74, 6) is 0.764. The summed E-state index contributed by atoms with van der Waals surface area (Å²) in [6, 6.07) is 13.6. The second kappa shape index (κ2) is 4.78. The zero-order valence-corrected chi connectivity index (χ0v) is 13.2. The molecule has 0 atom stereocenters. The molecule has 0 aliphatic carbocycles. The maximum atomic E-state index is 12.9. The highest BCUT2D eigenvalue weighted by Gasteiger charge is 2.18. The van der Waals surface area contributed by atoms with Gasteiger partial charge in [-0.15, -0.1) is 4.73 Å². The Kier molecular flexibility index (Phi) is 2.84. The summed E-state index contributed by atoms with van der Waals surface area (Å²) in [4.78, 5) is 18.2. The van der Waals surface area contributed by atoms with E-state index in [1.807, 2.05) is 54.1 Å². The highest BCUT2D eigenvalue weighted by molar-refractivity contribution is 6.19. The number of hydrogen-bond acceptors (Lipinski definition) is 3. The lowest BCUT2D eigenvalue weighted by Crippen LogP contribution is -2.26. The number of para-hydroxylation sites is 1. The largest absolute Gasteiger partial charge is 0.497 e. The Morgan fingerprint density at radius 1 is 0.957 bits per heavy atom. The van der Waals surface area contributed by atoms with Crippen LogP contribution in [-0.4, -0.2) is 23.5 Å². The fourth-order valence-corrected chi connectivity index (χ4v) is 3.32. The van der Waals surface area contributed by atoms with Crippen LogP contribution in [0.25, 0.3) is 32.7 Å². The molecule has 0 aliphatic heterocycles. The molecule has 0 fully saturated rings. The van der Waals surface area contributed by atoms with Crippen LogP contribution in [-0.2, 0) is 7.05 Å². The maximum absolute atomic E-state index is 12.9. The van der Waals surface area contributed by atoms with Crippen LogP contribution in [0.15, 0.2) is 47.3 Å². The number of pyridine rings is 1.